The van der Waals surface area contributed by atoms with Crippen molar-refractivity contribution >= 4 is 124 Å². The molecule has 14 amide bonds. The Kier molecular flexibility index (Phi) is 29.6. The molecule has 5 aliphatic heterocycles. The number of aliphatic hydroxyl groups excluding tert-OH is 1. The summed E-state index contributed by atoms with van der Waals surface area (Å²) >= 11 is 2.15. The van der Waals surface area contributed by atoms with E-state index in [-0.39, 0.29) is 87.1 Å². The number of aliphatic carboxylic acids is 3. The number of benzene rings is 1. The van der Waals surface area contributed by atoms with E-state index in [1.807, 2.05) is 0 Å². The second-order valence-electron chi connectivity index (χ2n) is 25.3. The normalized spacial score (nSPS) is 27.7. The highest BCUT2D eigenvalue weighted by Crippen LogP contribution is 2.29. The van der Waals surface area contributed by atoms with Crippen molar-refractivity contribution in [3.63, 3.8) is 0 Å². The first-order chi connectivity index (χ1) is 46.8. The first-order valence-corrected chi connectivity index (χ1v) is 34.8. The molecule has 35 nitrogen and oxygen atoms in total. The van der Waals surface area contributed by atoms with Crippen molar-refractivity contribution in [3.8, 4) is 0 Å². The van der Waals surface area contributed by atoms with Crippen LogP contribution in [0.1, 0.15) is 122 Å². The Bertz CT molecular complexity index is 3250. The van der Waals surface area contributed by atoms with Crippen LogP contribution in [0.3, 0.4) is 0 Å². The largest absolute Gasteiger partial charge is 0.481 e. The SMILES string of the molecule is CC(=O)N[C@H]1C[C@H]2C(=O)N[C@@H](CCC(N)=O)C(=O)N[C@H]3CSCc4ccccc4CSC[C@H](NC(=O)[C@H](CCC(=O)O)NC(=O)CNC(=O)[C@H]([C@@H](C)O)NC(=O)[C@H](CCC(=O)O)NC(=O)[C@@H]4CCCN4C(=O)[C@H](CC(=O)O)NC3=O)C(=O)N[C@@H](CC(C)C)C(=O)N3CCC[C@@H]3C(=O)N2C1. The quantitative estimate of drug-likeness (QED) is 0.0783. The van der Waals surface area contributed by atoms with Gasteiger partial charge >= 0.3 is 17.9 Å². The van der Waals surface area contributed by atoms with Crippen molar-refractivity contribution in [2.24, 2.45) is 11.7 Å². The summed E-state index contributed by atoms with van der Waals surface area (Å²) in [4.78, 5) is 239. The molecule has 0 aromatic heterocycles. The predicted molar refractivity (Wildman–Crippen MR) is 350 cm³/mol. The average molecular weight is 1430 g/mol. The van der Waals surface area contributed by atoms with E-state index in [0.717, 1.165) is 40.2 Å². The van der Waals surface area contributed by atoms with Gasteiger partial charge in [0.05, 0.1) is 19.1 Å². The zero-order chi connectivity index (χ0) is 72.9. The lowest BCUT2D eigenvalue weighted by atomic mass is 10.0. The summed E-state index contributed by atoms with van der Waals surface area (Å²) in [6.07, 6.45) is -6.64. The average Bonchev–Trinajstić information content (AvgIpc) is 1.67. The molecule has 2 bridgehead atoms. The molecule has 16 N–H and O–H groups in total. The number of hydrogen-bond acceptors (Lipinski definition) is 20. The van der Waals surface area contributed by atoms with Gasteiger partial charge < -0.3 is 94.0 Å². The third-order valence-electron chi connectivity index (χ3n) is 17.1. The Morgan fingerprint density at radius 2 is 1.03 bits per heavy atom. The fourth-order valence-corrected chi connectivity index (χ4v) is 14.4. The number of thioether (sulfide) groups is 2. The minimum Gasteiger partial charge on any atom is -0.481 e. The fourth-order valence-electron chi connectivity index (χ4n) is 12.2. The Hall–Kier alpha value is -9.13. The van der Waals surface area contributed by atoms with Crippen LogP contribution in [0.25, 0.3) is 0 Å². The van der Waals surface area contributed by atoms with Gasteiger partial charge in [0.25, 0.3) is 0 Å². The van der Waals surface area contributed by atoms with E-state index < -0.39 is 231 Å². The van der Waals surface area contributed by atoms with E-state index in [1.165, 1.54) is 11.8 Å². The van der Waals surface area contributed by atoms with Crippen LogP contribution in [-0.4, -0.2) is 252 Å². The van der Waals surface area contributed by atoms with Crippen LogP contribution in [-0.2, 0) is 93.0 Å². The molecule has 0 aliphatic carbocycles. The minimum absolute atomic E-state index is 0.0205. The summed E-state index contributed by atoms with van der Waals surface area (Å²) in [5, 5.41) is 65.1. The number of rotatable bonds is 15. The maximum Gasteiger partial charge on any atom is 0.305 e. The van der Waals surface area contributed by atoms with Gasteiger partial charge in [-0.15, -0.1) is 0 Å². The molecule has 0 unspecified atom stereocenters. The summed E-state index contributed by atoms with van der Waals surface area (Å²) in [5.74, 6) is -19.4. The van der Waals surface area contributed by atoms with Crippen LogP contribution < -0.4 is 58.9 Å². The number of nitrogens with zero attached hydrogens (tertiary/aromatic N) is 3. The van der Waals surface area contributed by atoms with Gasteiger partial charge in [0.2, 0.25) is 82.7 Å². The van der Waals surface area contributed by atoms with Crippen molar-refractivity contribution in [3.05, 3.63) is 35.4 Å². The number of carbonyl (C=O) groups excluding carboxylic acids is 14. The van der Waals surface area contributed by atoms with Crippen LogP contribution in [0.5, 0.6) is 0 Å². The van der Waals surface area contributed by atoms with Gasteiger partial charge in [-0.05, 0) is 81.8 Å². The van der Waals surface area contributed by atoms with Crippen molar-refractivity contribution in [1.29, 1.82) is 0 Å². The number of nitrogens with one attached hydrogen (secondary N) is 10. The molecule has 0 saturated carbocycles. The zero-order valence-electron chi connectivity index (χ0n) is 55.2. The maximum atomic E-state index is 15.1. The van der Waals surface area contributed by atoms with Crippen LogP contribution in [0, 0.1) is 5.92 Å². The van der Waals surface area contributed by atoms with Crippen molar-refractivity contribution < 1.29 is 102 Å². The first-order valence-electron chi connectivity index (χ1n) is 32.5. The molecule has 5 heterocycles. The highest BCUT2D eigenvalue weighted by Gasteiger charge is 2.48. The fraction of sp³-hybridized carbons (Fsp3) is 0.629. The molecule has 13 atom stereocenters. The van der Waals surface area contributed by atoms with E-state index in [0.29, 0.717) is 11.1 Å². The molecule has 1 aromatic rings. The van der Waals surface area contributed by atoms with E-state index in [1.54, 1.807) is 38.1 Å². The number of carboxylic acid groups (broad SMARTS) is 3. The van der Waals surface area contributed by atoms with E-state index >= 15 is 9.59 Å². The molecule has 99 heavy (non-hydrogen) atoms. The van der Waals surface area contributed by atoms with Crippen LogP contribution in [0.2, 0.25) is 0 Å². The van der Waals surface area contributed by atoms with Gasteiger partial charge in [-0.2, -0.15) is 23.5 Å². The van der Waals surface area contributed by atoms with Gasteiger partial charge in [-0.25, -0.2) is 0 Å². The molecular formula is C62H88N14O21S2. The number of nitrogens with two attached hydrogens (primary N) is 1. The monoisotopic (exact) mass is 1430 g/mol. The van der Waals surface area contributed by atoms with Gasteiger partial charge in [0, 0.05) is 74.9 Å². The summed E-state index contributed by atoms with van der Waals surface area (Å²) in [6, 6.07) is -12.2. The minimum atomic E-state index is -1.99. The van der Waals surface area contributed by atoms with Crippen molar-refractivity contribution in [2.45, 2.75) is 201 Å². The predicted octanol–water partition coefficient (Wildman–Crippen LogP) is -4.84. The molecule has 5 aliphatic rings. The molecule has 3 saturated heterocycles. The molecule has 3 fully saturated rings. The van der Waals surface area contributed by atoms with Gasteiger partial charge in [-0.3, -0.25) is 81.5 Å². The van der Waals surface area contributed by atoms with Gasteiger partial charge in [0.1, 0.15) is 66.5 Å². The van der Waals surface area contributed by atoms with E-state index in [2.05, 4.69) is 53.2 Å². The molecule has 37 heteroatoms. The Balaban J connectivity index is 1.51. The maximum absolute atomic E-state index is 15.1. The van der Waals surface area contributed by atoms with Crippen LogP contribution in [0.4, 0.5) is 0 Å². The standard InChI is InChI=1S/C62H88N14O21S2/c1-30(2)21-39-60(95)75-20-8-12-44(75)62(97)76-25-35(65-32(4)78)22-45(76)58(93)68-37(13-16-46(63)79)53(88)72-42-29-99-27-34-10-6-5-9-33(34)26-98-28-41(55(90)69-39)71-52(87)36(14-17-48(81)82)66-47(80)24-64-59(94)51(31(3)77)73-54(89)38(15-18-49(83)84)67-57(92)43-11-7-19-74(43)61(96)40(23-50(85)86)70-56(42)91/h5-6,9-10,30-31,35-45,51,77H,7-8,11-29H2,1-4H3,(H2,63,79)(H,64,94)(H,65,78)(H,66,80)(H,67,92)(H,68,93)(H,69,90)(H,70,91)(H,71,87)(H,72,88)(H,73,89)(H,81,82)(H,83,84)(H,85,86)/t31-,35+,36+,37+,38+,39+,40+,41+,42+,43+,44-,45+,51+/m1/s1. The Morgan fingerprint density at radius 1 is 0.556 bits per heavy atom. The third-order valence-corrected chi connectivity index (χ3v) is 19.3. The number of primary amides is 1. The topological polar surface area (TPSA) is 527 Å². The molecule has 1 aromatic carbocycles. The van der Waals surface area contributed by atoms with Crippen LogP contribution in [0.15, 0.2) is 24.3 Å². The smallest absolute Gasteiger partial charge is 0.305 e. The Morgan fingerprint density at radius 3 is 1.54 bits per heavy atom. The summed E-state index contributed by atoms with van der Waals surface area (Å²) in [7, 11) is 0. The summed E-state index contributed by atoms with van der Waals surface area (Å²) in [5.41, 5.74) is 6.81. The number of aliphatic hydroxyl groups is 1. The number of amides is 14. The third kappa shape index (κ3) is 23.2. The molecular weight excluding hydrogens is 1340 g/mol. The van der Waals surface area contributed by atoms with Gasteiger partial charge in [0.15, 0.2) is 0 Å². The number of carbonyl (C=O) groups is 17. The molecule has 544 valence electrons. The highest BCUT2D eigenvalue weighted by atomic mass is 32.2. The number of fused-ring (bicyclic) bond motifs is 9. The lowest BCUT2D eigenvalue weighted by Crippen LogP contribution is -2.61. The second-order valence-corrected chi connectivity index (χ2v) is 27.4. The molecule has 0 spiro atoms. The summed E-state index contributed by atoms with van der Waals surface area (Å²) < 4.78 is 0. The van der Waals surface area contributed by atoms with E-state index in [4.69, 9.17) is 5.73 Å². The first kappa shape index (κ1) is 78.9. The zero-order valence-corrected chi connectivity index (χ0v) is 56.8. The van der Waals surface area contributed by atoms with Crippen molar-refractivity contribution in [1.82, 2.24) is 67.9 Å². The Labute approximate surface area is 577 Å². The van der Waals surface area contributed by atoms with Crippen molar-refractivity contribution in [2.75, 3.05) is 37.7 Å². The lowest BCUT2D eigenvalue weighted by Gasteiger charge is -2.34. The number of hydrogen-bond donors (Lipinski definition) is 15. The second kappa shape index (κ2) is 37.2. The summed E-state index contributed by atoms with van der Waals surface area (Å²) in [6.45, 7) is 4.26. The van der Waals surface area contributed by atoms with Crippen LogP contribution >= 0.6 is 23.5 Å². The lowest BCUT2D eigenvalue weighted by molar-refractivity contribution is -0.148. The molecule has 0 radical (unpaired) electrons. The highest BCUT2D eigenvalue weighted by molar-refractivity contribution is 7.99. The molecule has 6 rings (SSSR count). The van der Waals surface area contributed by atoms with E-state index in [9.17, 15) is 92.3 Å². The van der Waals surface area contributed by atoms with Gasteiger partial charge in [-0.1, -0.05) is 38.1 Å². The number of carboxylic acids is 3.